The highest BCUT2D eigenvalue weighted by atomic mass is 16.5. The van der Waals surface area contributed by atoms with Crippen LogP contribution in [0, 0.1) is 0 Å². The molecule has 0 aromatic heterocycles. The molecule has 1 atom stereocenters. The molecule has 80 valence electrons. The van der Waals surface area contributed by atoms with Crippen molar-refractivity contribution in [2.75, 3.05) is 7.11 Å². The highest BCUT2D eigenvalue weighted by Crippen LogP contribution is 2.12. The van der Waals surface area contributed by atoms with E-state index in [-0.39, 0.29) is 5.75 Å². The molecule has 0 amide bonds. The number of aliphatic imine (C=N–C) groups is 1. The number of carbonyl (C=O) groups excluding carboxylic acids is 1. The summed E-state index contributed by atoms with van der Waals surface area (Å²) in [6, 6.07) is 6.01. The molecule has 1 aromatic carbocycles. The van der Waals surface area contributed by atoms with E-state index in [1.54, 1.807) is 24.3 Å². The zero-order valence-corrected chi connectivity index (χ0v) is 8.51. The van der Waals surface area contributed by atoms with Gasteiger partial charge in [-0.15, -0.1) is 0 Å². The predicted octanol–water partition coefficient (Wildman–Crippen LogP) is 1.18. The third kappa shape index (κ3) is 3.09. The number of rotatable bonds is 4. The van der Waals surface area contributed by atoms with E-state index >= 15 is 0 Å². The molecule has 1 aromatic rings. The summed E-state index contributed by atoms with van der Waals surface area (Å²) in [6.07, 6.45) is 0.427. The number of benzene rings is 1. The molecule has 0 spiro atoms. The SMILES string of the molecule is C=N[C@@H](Cc1ccc(O)cc1)C(=O)OC. The zero-order chi connectivity index (χ0) is 11.3. The van der Waals surface area contributed by atoms with Crippen molar-refractivity contribution in [3.05, 3.63) is 29.8 Å². The third-order valence-electron chi connectivity index (χ3n) is 2.06. The first-order chi connectivity index (χ1) is 7.17. The van der Waals surface area contributed by atoms with E-state index in [1.165, 1.54) is 7.11 Å². The number of aromatic hydroxyl groups is 1. The smallest absolute Gasteiger partial charge is 0.330 e. The summed E-state index contributed by atoms with van der Waals surface area (Å²) in [5, 5.41) is 9.08. The van der Waals surface area contributed by atoms with E-state index in [0.29, 0.717) is 6.42 Å². The minimum absolute atomic E-state index is 0.194. The van der Waals surface area contributed by atoms with Crippen LogP contribution in [0.25, 0.3) is 0 Å². The van der Waals surface area contributed by atoms with Crippen molar-refractivity contribution in [3.8, 4) is 5.75 Å². The van der Waals surface area contributed by atoms with Crippen molar-refractivity contribution in [2.45, 2.75) is 12.5 Å². The topological polar surface area (TPSA) is 58.9 Å². The van der Waals surface area contributed by atoms with Crippen LogP contribution in [-0.4, -0.2) is 30.9 Å². The minimum Gasteiger partial charge on any atom is -0.508 e. The molecule has 1 rings (SSSR count). The monoisotopic (exact) mass is 207 g/mol. The Morgan fingerprint density at radius 2 is 2.13 bits per heavy atom. The fourth-order valence-electron chi connectivity index (χ4n) is 1.21. The number of phenolic OH excluding ortho intramolecular Hbond substituents is 1. The second-order valence-corrected chi connectivity index (χ2v) is 3.09. The van der Waals surface area contributed by atoms with Gasteiger partial charge in [0.05, 0.1) is 7.11 Å². The van der Waals surface area contributed by atoms with E-state index in [1.807, 2.05) is 0 Å². The zero-order valence-electron chi connectivity index (χ0n) is 8.51. The summed E-state index contributed by atoms with van der Waals surface area (Å²) in [5.74, 6) is -0.210. The number of hydrogen-bond donors (Lipinski definition) is 1. The predicted molar refractivity (Wildman–Crippen MR) is 57.2 cm³/mol. The van der Waals surface area contributed by atoms with Crippen LogP contribution in [0.2, 0.25) is 0 Å². The maximum Gasteiger partial charge on any atom is 0.330 e. The van der Waals surface area contributed by atoms with Gasteiger partial charge < -0.3 is 9.84 Å². The van der Waals surface area contributed by atoms with Crippen molar-refractivity contribution in [1.29, 1.82) is 0 Å². The summed E-state index contributed by atoms with van der Waals surface area (Å²) in [5.41, 5.74) is 0.899. The first kappa shape index (κ1) is 11.2. The van der Waals surface area contributed by atoms with E-state index in [2.05, 4.69) is 16.4 Å². The lowest BCUT2D eigenvalue weighted by molar-refractivity contribution is -0.142. The van der Waals surface area contributed by atoms with Crippen LogP contribution in [0.15, 0.2) is 29.3 Å². The maximum absolute atomic E-state index is 11.2. The van der Waals surface area contributed by atoms with E-state index in [9.17, 15) is 4.79 Å². The Morgan fingerprint density at radius 3 is 2.60 bits per heavy atom. The molecule has 0 saturated carbocycles. The van der Waals surface area contributed by atoms with Crippen LogP contribution in [0.5, 0.6) is 5.75 Å². The van der Waals surface area contributed by atoms with Crippen molar-refractivity contribution < 1.29 is 14.6 Å². The molecule has 1 N–H and O–H groups in total. The first-order valence-electron chi connectivity index (χ1n) is 4.49. The van der Waals surface area contributed by atoms with Gasteiger partial charge in [-0.25, -0.2) is 4.79 Å². The second-order valence-electron chi connectivity index (χ2n) is 3.09. The first-order valence-corrected chi connectivity index (χ1v) is 4.49. The molecule has 0 heterocycles. The Morgan fingerprint density at radius 1 is 1.53 bits per heavy atom. The van der Waals surface area contributed by atoms with Gasteiger partial charge >= 0.3 is 5.97 Å². The number of phenols is 1. The van der Waals surface area contributed by atoms with Gasteiger partial charge in [0.15, 0.2) is 6.04 Å². The highest BCUT2D eigenvalue weighted by molar-refractivity contribution is 5.77. The largest absolute Gasteiger partial charge is 0.508 e. The minimum atomic E-state index is -0.584. The summed E-state index contributed by atoms with van der Waals surface area (Å²) in [6.45, 7) is 3.34. The normalized spacial score (nSPS) is 11.8. The molecule has 0 aliphatic carbocycles. The van der Waals surface area contributed by atoms with Crippen LogP contribution in [0.4, 0.5) is 0 Å². The lowest BCUT2D eigenvalue weighted by Crippen LogP contribution is -2.22. The Hall–Kier alpha value is -1.84. The fourth-order valence-corrected chi connectivity index (χ4v) is 1.21. The number of methoxy groups -OCH3 is 1. The van der Waals surface area contributed by atoms with Gasteiger partial charge in [0.2, 0.25) is 0 Å². The second kappa shape index (κ2) is 5.14. The number of carbonyl (C=O) groups is 1. The number of nitrogens with zero attached hydrogens (tertiary/aromatic N) is 1. The van der Waals surface area contributed by atoms with Gasteiger partial charge in [-0.2, -0.15) is 0 Å². The summed E-state index contributed by atoms with van der Waals surface area (Å²) in [4.78, 5) is 14.9. The lowest BCUT2D eigenvalue weighted by Gasteiger charge is -2.09. The number of ether oxygens (including phenoxy) is 1. The fraction of sp³-hybridized carbons (Fsp3) is 0.273. The van der Waals surface area contributed by atoms with Gasteiger partial charge in [0.25, 0.3) is 0 Å². The molecule has 4 heteroatoms. The molecule has 0 aliphatic heterocycles. The van der Waals surface area contributed by atoms with E-state index in [4.69, 9.17) is 5.11 Å². The van der Waals surface area contributed by atoms with E-state index < -0.39 is 12.0 Å². The maximum atomic E-state index is 11.2. The van der Waals surface area contributed by atoms with Crippen LogP contribution in [-0.2, 0) is 16.0 Å². The average Bonchev–Trinajstić information content (AvgIpc) is 2.27. The van der Waals surface area contributed by atoms with Crippen LogP contribution in [0.1, 0.15) is 5.56 Å². The van der Waals surface area contributed by atoms with Crippen molar-refractivity contribution in [2.24, 2.45) is 4.99 Å². The summed E-state index contributed by atoms with van der Waals surface area (Å²) in [7, 11) is 1.32. The standard InChI is InChI=1S/C11H13NO3/c1-12-10(11(14)15-2)7-8-3-5-9(13)6-4-8/h3-6,10,13H,1,7H2,2H3/t10-/m0/s1. The quantitative estimate of drug-likeness (QED) is 0.595. The van der Waals surface area contributed by atoms with Crippen molar-refractivity contribution in [3.63, 3.8) is 0 Å². The molecule has 15 heavy (non-hydrogen) atoms. The molecular formula is C11H13NO3. The molecule has 0 fully saturated rings. The Labute approximate surface area is 88.2 Å². The number of esters is 1. The lowest BCUT2D eigenvalue weighted by atomic mass is 10.1. The van der Waals surface area contributed by atoms with Gasteiger partial charge in [0, 0.05) is 6.42 Å². The Kier molecular flexibility index (Phi) is 3.85. The van der Waals surface area contributed by atoms with Crippen LogP contribution < -0.4 is 0 Å². The van der Waals surface area contributed by atoms with Gasteiger partial charge in [-0.05, 0) is 24.4 Å². The van der Waals surface area contributed by atoms with Crippen LogP contribution >= 0.6 is 0 Å². The summed E-state index contributed by atoms with van der Waals surface area (Å²) < 4.78 is 4.58. The Bertz CT molecular complexity index is 345. The molecule has 0 bridgehead atoms. The molecule has 0 unspecified atom stereocenters. The van der Waals surface area contributed by atoms with E-state index in [0.717, 1.165) is 5.56 Å². The molecule has 0 aliphatic rings. The van der Waals surface area contributed by atoms with Gasteiger partial charge in [-0.3, -0.25) is 4.99 Å². The van der Waals surface area contributed by atoms with Gasteiger partial charge in [0.1, 0.15) is 5.75 Å². The molecule has 4 nitrogen and oxygen atoms in total. The summed E-state index contributed by atoms with van der Waals surface area (Å²) >= 11 is 0. The third-order valence-corrected chi connectivity index (χ3v) is 2.06. The molecule has 0 radical (unpaired) electrons. The number of hydrogen-bond acceptors (Lipinski definition) is 4. The van der Waals surface area contributed by atoms with Crippen molar-refractivity contribution >= 4 is 12.7 Å². The Balaban J connectivity index is 2.71. The highest BCUT2D eigenvalue weighted by Gasteiger charge is 2.16. The van der Waals surface area contributed by atoms with Crippen LogP contribution in [0.3, 0.4) is 0 Å². The van der Waals surface area contributed by atoms with Crippen molar-refractivity contribution in [1.82, 2.24) is 0 Å². The average molecular weight is 207 g/mol. The molecular weight excluding hydrogens is 194 g/mol. The molecule has 0 saturated heterocycles. The van der Waals surface area contributed by atoms with Gasteiger partial charge in [-0.1, -0.05) is 12.1 Å².